The van der Waals surface area contributed by atoms with E-state index in [9.17, 15) is 4.79 Å². The molecule has 0 atom stereocenters. The molecule has 0 bridgehead atoms. The Balaban J connectivity index is 1.36. The van der Waals surface area contributed by atoms with Gasteiger partial charge in [-0.15, -0.1) is 11.3 Å². The van der Waals surface area contributed by atoms with E-state index < -0.39 is 5.97 Å². The Kier molecular flexibility index (Phi) is 4.14. The Bertz CT molecular complexity index is 997. The number of aromatic nitrogens is 2. The normalized spacial score (nSPS) is 11.4. The van der Waals surface area contributed by atoms with Crippen molar-refractivity contribution < 1.29 is 18.4 Å². The van der Waals surface area contributed by atoms with Gasteiger partial charge in [0.1, 0.15) is 24.1 Å². The quantitative estimate of drug-likeness (QED) is 0.393. The molecule has 124 valence electrons. The van der Waals surface area contributed by atoms with Gasteiger partial charge in [-0.25, -0.2) is 14.8 Å². The second-order valence-electron chi connectivity index (χ2n) is 5.08. The lowest BCUT2D eigenvalue weighted by Crippen LogP contribution is -2.00. The predicted octanol–water partition coefficient (Wildman–Crippen LogP) is 4.30. The van der Waals surface area contributed by atoms with Crippen molar-refractivity contribution in [1.29, 1.82) is 0 Å². The van der Waals surface area contributed by atoms with Gasteiger partial charge in [0, 0.05) is 12.2 Å². The van der Waals surface area contributed by atoms with E-state index in [1.165, 1.54) is 29.8 Å². The average Bonchev–Trinajstić information content (AvgIpc) is 3.37. The van der Waals surface area contributed by atoms with Gasteiger partial charge in [0.2, 0.25) is 11.8 Å². The topological polar surface area (TPSA) is 78.4 Å². The standard InChI is InChI=1S/C18H12N2O4S/c21-17(8-7-16-20-13-4-1-2-5-14(13)24-16)22-10-12-11-23-18(19-12)15-6-3-9-25-15/h1-9,11H,10H2/b8-7+. The zero-order valence-corrected chi connectivity index (χ0v) is 13.7. The van der Waals surface area contributed by atoms with Crippen LogP contribution in [0.1, 0.15) is 11.6 Å². The van der Waals surface area contributed by atoms with Crippen LogP contribution in [-0.4, -0.2) is 15.9 Å². The lowest BCUT2D eigenvalue weighted by atomic mass is 10.3. The van der Waals surface area contributed by atoms with Gasteiger partial charge < -0.3 is 13.6 Å². The summed E-state index contributed by atoms with van der Waals surface area (Å²) in [6.45, 7) is 0.0333. The molecule has 3 heterocycles. The van der Waals surface area contributed by atoms with Crippen molar-refractivity contribution in [2.45, 2.75) is 6.61 Å². The molecule has 4 rings (SSSR count). The molecule has 0 spiro atoms. The lowest BCUT2D eigenvalue weighted by Gasteiger charge is -1.96. The third-order valence-corrected chi connectivity index (χ3v) is 4.18. The van der Waals surface area contributed by atoms with Crippen LogP contribution in [0.3, 0.4) is 0 Å². The van der Waals surface area contributed by atoms with Gasteiger partial charge in [-0.05, 0) is 23.6 Å². The van der Waals surface area contributed by atoms with Crippen molar-refractivity contribution in [2.75, 3.05) is 0 Å². The highest BCUT2D eigenvalue weighted by Crippen LogP contribution is 2.23. The van der Waals surface area contributed by atoms with E-state index in [1.807, 2.05) is 41.8 Å². The van der Waals surface area contributed by atoms with Crippen molar-refractivity contribution in [3.8, 4) is 10.8 Å². The van der Waals surface area contributed by atoms with Crippen LogP contribution in [0.25, 0.3) is 27.9 Å². The first kappa shape index (κ1) is 15.3. The smallest absolute Gasteiger partial charge is 0.331 e. The number of para-hydroxylation sites is 2. The molecular formula is C18H12N2O4S. The summed E-state index contributed by atoms with van der Waals surface area (Å²) in [6.07, 6.45) is 4.22. The summed E-state index contributed by atoms with van der Waals surface area (Å²) >= 11 is 1.53. The minimum atomic E-state index is -0.511. The van der Waals surface area contributed by atoms with Crippen molar-refractivity contribution >= 4 is 34.5 Å². The monoisotopic (exact) mass is 352 g/mol. The number of carbonyl (C=O) groups is 1. The Hall–Kier alpha value is -3.19. The summed E-state index contributed by atoms with van der Waals surface area (Å²) in [5, 5.41) is 1.94. The maximum absolute atomic E-state index is 11.8. The zero-order valence-electron chi connectivity index (χ0n) is 12.9. The highest BCUT2D eigenvalue weighted by Gasteiger charge is 2.09. The largest absolute Gasteiger partial charge is 0.456 e. The molecule has 0 saturated heterocycles. The molecule has 0 saturated carbocycles. The molecule has 0 fully saturated rings. The molecule has 1 aromatic carbocycles. The summed E-state index contributed by atoms with van der Waals surface area (Å²) < 4.78 is 16.0. The van der Waals surface area contributed by atoms with Crippen LogP contribution in [0.2, 0.25) is 0 Å². The Morgan fingerprint density at radius 3 is 2.96 bits per heavy atom. The number of nitrogens with zero attached hydrogens (tertiary/aromatic N) is 2. The first-order valence-corrected chi connectivity index (χ1v) is 8.34. The fourth-order valence-electron chi connectivity index (χ4n) is 2.18. The summed E-state index contributed by atoms with van der Waals surface area (Å²) in [7, 11) is 0. The zero-order chi connectivity index (χ0) is 17.1. The van der Waals surface area contributed by atoms with Gasteiger partial charge in [0.05, 0.1) is 4.88 Å². The second kappa shape index (κ2) is 6.74. The van der Waals surface area contributed by atoms with Gasteiger partial charge in [0.15, 0.2) is 5.58 Å². The minimum Gasteiger partial charge on any atom is -0.456 e. The molecule has 6 nitrogen and oxygen atoms in total. The number of hydrogen-bond acceptors (Lipinski definition) is 7. The van der Waals surface area contributed by atoms with Crippen LogP contribution in [0.5, 0.6) is 0 Å². The van der Waals surface area contributed by atoms with Crippen molar-refractivity contribution in [1.82, 2.24) is 9.97 Å². The number of ether oxygens (including phenoxy) is 1. The number of benzene rings is 1. The number of thiophene rings is 1. The highest BCUT2D eigenvalue weighted by molar-refractivity contribution is 7.13. The molecule has 0 amide bonds. The van der Waals surface area contributed by atoms with Crippen LogP contribution in [0.15, 0.2) is 63.0 Å². The average molecular weight is 352 g/mol. The number of oxazole rings is 2. The van der Waals surface area contributed by atoms with E-state index in [0.717, 1.165) is 10.4 Å². The van der Waals surface area contributed by atoms with Gasteiger partial charge in [-0.1, -0.05) is 18.2 Å². The first-order valence-electron chi connectivity index (χ1n) is 7.46. The van der Waals surface area contributed by atoms with Crippen LogP contribution >= 0.6 is 11.3 Å². The van der Waals surface area contributed by atoms with Gasteiger partial charge in [-0.3, -0.25) is 0 Å². The predicted molar refractivity (Wildman–Crippen MR) is 92.7 cm³/mol. The van der Waals surface area contributed by atoms with Gasteiger partial charge >= 0.3 is 5.97 Å². The van der Waals surface area contributed by atoms with Crippen LogP contribution in [0.4, 0.5) is 0 Å². The van der Waals surface area contributed by atoms with Gasteiger partial charge in [0.25, 0.3) is 0 Å². The first-order chi connectivity index (χ1) is 12.3. The molecule has 0 radical (unpaired) electrons. The number of fused-ring (bicyclic) bond motifs is 1. The maximum atomic E-state index is 11.8. The Morgan fingerprint density at radius 2 is 2.12 bits per heavy atom. The second-order valence-corrected chi connectivity index (χ2v) is 6.03. The van der Waals surface area contributed by atoms with E-state index in [4.69, 9.17) is 13.6 Å². The molecule has 4 aromatic rings. The summed E-state index contributed by atoms with van der Waals surface area (Å²) in [6, 6.07) is 11.2. The molecule has 25 heavy (non-hydrogen) atoms. The minimum absolute atomic E-state index is 0.0333. The molecule has 0 aliphatic carbocycles. The summed E-state index contributed by atoms with van der Waals surface area (Å²) in [5.74, 6) is 0.352. The number of hydrogen-bond donors (Lipinski definition) is 0. The Labute approximate surface area is 146 Å². The summed E-state index contributed by atoms with van der Waals surface area (Å²) in [4.78, 5) is 21.3. The molecule has 0 unspecified atom stereocenters. The van der Waals surface area contributed by atoms with E-state index in [-0.39, 0.29) is 6.61 Å². The highest BCUT2D eigenvalue weighted by atomic mass is 32.1. The summed E-state index contributed by atoms with van der Waals surface area (Å²) in [5.41, 5.74) is 1.95. The fourth-order valence-corrected chi connectivity index (χ4v) is 2.84. The molecule has 0 aliphatic heterocycles. The van der Waals surface area contributed by atoms with Crippen molar-refractivity contribution in [3.05, 3.63) is 65.7 Å². The van der Waals surface area contributed by atoms with Crippen molar-refractivity contribution in [2.24, 2.45) is 0 Å². The maximum Gasteiger partial charge on any atom is 0.331 e. The SMILES string of the molecule is O=C(/C=C/c1nc2ccccc2o1)OCc1coc(-c2cccs2)n1. The van der Waals surface area contributed by atoms with E-state index >= 15 is 0 Å². The number of esters is 1. The lowest BCUT2D eigenvalue weighted by molar-refractivity contribution is -0.139. The van der Waals surface area contributed by atoms with Crippen molar-refractivity contribution in [3.63, 3.8) is 0 Å². The number of carbonyl (C=O) groups excluding carboxylic acids is 1. The molecular weight excluding hydrogens is 340 g/mol. The third-order valence-electron chi connectivity index (χ3n) is 3.32. The molecule has 7 heteroatoms. The van der Waals surface area contributed by atoms with Crippen LogP contribution in [-0.2, 0) is 16.1 Å². The van der Waals surface area contributed by atoms with E-state index in [2.05, 4.69) is 9.97 Å². The number of rotatable bonds is 5. The van der Waals surface area contributed by atoms with Crippen LogP contribution in [0, 0.1) is 0 Å². The fraction of sp³-hybridized carbons (Fsp3) is 0.0556. The third kappa shape index (κ3) is 3.51. The van der Waals surface area contributed by atoms with Gasteiger partial charge in [-0.2, -0.15) is 0 Å². The van der Waals surface area contributed by atoms with E-state index in [1.54, 1.807) is 0 Å². The van der Waals surface area contributed by atoms with Crippen LogP contribution < -0.4 is 0 Å². The van der Waals surface area contributed by atoms with E-state index in [0.29, 0.717) is 23.1 Å². The molecule has 0 aliphatic rings. The molecule has 3 aromatic heterocycles. The Morgan fingerprint density at radius 1 is 1.20 bits per heavy atom. The molecule has 0 N–H and O–H groups in total.